The van der Waals surface area contributed by atoms with Crippen molar-refractivity contribution in [2.75, 3.05) is 13.7 Å². The van der Waals surface area contributed by atoms with Gasteiger partial charge in [0.25, 0.3) is 0 Å². The maximum Gasteiger partial charge on any atom is 0.326 e. The van der Waals surface area contributed by atoms with E-state index in [0.29, 0.717) is 11.7 Å². The summed E-state index contributed by atoms with van der Waals surface area (Å²) in [6, 6.07) is 7.11. The van der Waals surface area contributed by atoms with Gasteiger partial charge in [-0.1, -0.05) is 26.0 Å². The number of hydrogen-bond acceptors (Lipinski definition) is 4. The van der Waals surface area contributed by atoms with Crippen molar-refractivity contribution in [1.82, 2.24) is 0 Å². The molecule has 1 aromatic rings. The van der Waals surface area contributed by atoms with Crippen LogP contribution in [0.2, 0.25) is 0 Å². The molecule has 0 aromatic heterocycles. The van der Waals surface area contributed by atoms with Crippen molar-refractivity contribution in [3.63, 3.8) is 0 Å². The van der Waals surface area contributed by atoms with Gasteiger partial charge < -0.3 is 15.2 Å². The van der Waals surface area contributed by atoms with E-state index in [0.717, 1.165) is 6.42 Å². The molecular formula is C14H21NO3. The first-order valence-corrected chi connectivity index (χ1v) is 6.14. The quantitative estimate of drug-likeness (QED) is 0.786. The molecule has 2 unspecified atom stereocenters. The van der Waals surface area contributed by atoms with Gasteiger partial charge in [-0.3, -0.25) is 4.79 Å². The highest BCUT2D eigenvalue weighted by molar-refractivity contribution is 5.75. The van der Waals surface area contributed by atoms with Gasteiger partial charge in [0.15, 0.2) is 0 Å². The Bertz CT molecular complexity index is 375. The van der Waals surface area contributed by atoms with Crippen molar-refractivity contribution in [2.24, 2.45) is 5.73 Å². The van der Waals surface area contributed by atoms with Crippen LogP contribution in [0.4, 0.5) is 0 Å². The van der Waals surface area contributed by atoms with Crippen LogP contribution in [0.5, 0.6) is 5.75 Å². The Morgan fingerprint density at radius 3 is 2.44 bits per heavy atom. The molecular weight excluding hydrogens is 230 g/mol. The molecule has 0 saturated heterocycles. The monoisotopic (exact) mass is 251 g/mol. The third-order valence-electron chi connectivity index (χ3n) is 3.00. The largest absolute Gasteiger partial charge is 0.491 e. The Morgan fingerprint density at radius 1 is 1.33 bits per heavy atom. The molecule has 2 atom stereocenters. The molecule has 0 spiro atoms. The third kappa shape index (κ3) is 4.04. The fraction of sp³-hybridized carbons (Fsp3) is 0.500. The van der Waals surface area contributed by atoms with Crippen LogP contribution in [0.15, 0.2) is 24.3 Å². The molecule has 4 nitrogen and oxygen atoms in total. The number of methoxy groups -OCH3 is 1. The Kier molecular flexibility index (Phi) is 5.65. The van der Waals surface area contributed by atoms with Crippen LogP contribution in [0.25, 0.3) is 0 Å². The van der Waals surface area contributed by atoms with Gasteiger partial charge in [-0.05, 0) is 30.0 Å². The number of rotatable bonds is 6. The van der Waals surface area contributed by atoms with Crippen LogP contribution in [-0.4, -0.2) is 25.7 Å². The van der Waals surface area contributed by atoms with E-state index in [2.05, 4.69) is 18.6 Å². The first-order valence-electron chi connectivity index (χ1n) is 6.14. The van der Waals surface area contributed by atoms with E-state index in [1.165, 1.54) is 12.7 Å². The second kappa shape index (κ2) is 7.01. The van der Waals surface area contributed by atoms with Crippen molar-refractivity contribution in [3.05, 3.63) is 29.8 Å². The first kappa shape index (κ1) is 14.5. The molecule has 0 amide bonds. The minimum Gasteiger partial charge on any atom is -0.491 e. The van der Waals surface area contributed by atoms with E-state index in [9.17, 15) is 4.79 Å². The Hall–Kier alpha value is -1.55. The number of nitrogens with two attached hydrogens (primary N) is 1. The van der Waals surface area contributed by atoms with Gasteiger partial charge in [-0.2, -0.15) is 0 Å². The summed E-state index contributed by atoms with van der Waals surface area (Å²) in [5.41, 5.74) is 6.86. The summed E-state index contributed by atoms with van der Waals surface area (Å²) in [5.74, 6) is 0.781. The highest BCUT2D eigenvalue weighted by Crippen LogP contribution is 2.21. The zero-order valence-electron chi connectivity index (χ0n) is 11.2. The topological polar surface area (TPSA) is 61.5 Å². The van der Waals surface area contributed by atoms with Crippen LogP contribution in [0, 0.1) is 0 Å². The summed E-state index contributed by atoms with van der Waals surface area (Å²) in [5, 5.41) is 0. The van der Waals surface area contributed by atoms with Crippen molar-refractivity contribution in [2.45, 2.75) is 32.2 Å². The molecule has 4 heteroatoms. The van der Waals surface area contributed by atoms with Gasteiger partial charge in [0.2, 0.25) is 0 Å². The van der Waals surface area contributed by atoms with E-state index in [4.69, 9.17) is 10.5 Å². The molecule has 0 fully saturated rings. The SMILES string of the molecule is CCC(C)c1ccc(OCC(N)C(=O)OC)cc1. The van der Waals surface area contributed by atoms with Crippen LogP contribution < -0.4 is 10.5 Å². The Morgan fingerprint density at radius 2 is 1.94 bits per heavy atom. The molecule has 18 heavy (non-hydrogen) atoms. The second-order valence-corrected chi connectivity index (χ2v) is 4.32. The van der Waals surface area contributed by atoms with Crippen molar-refractivity contribution >= 4 is 5.97 Å². The Balaban J connectivity index is 2.51. The maximum atomic E-state index is 11.1. The summed E-state index contributed by atoms with van der Waals surface area (Å²) >= 11 is 0. The molecule has 1 aromatic carbocycles. The number of ether oxygens (including phenoxy) is 2. The van der Waals surface area contributed by atoms with Crippen LogP contribution >= 0.6 is 0 Å². The molecule has 0 saturated carbocycles. The molecule has 0 aliphatic heterocycles. The summed E-state index contributed by atoms with van der Waals surface area (Å²) in [4.78, 5) is 11.1. The van der Waals surface area contributed by atoms with Gasteiger partial charge in [0, 0.05) is 0 Å². The van der Waals surface area contributed by atoms with Gasteiger partial charge in [-0.15, -0.1) is 0 Å². The Labute approximate surface area is 108 Å². The smallest absolute Gasteiger partial charge is 0.326 e. The summed E-state index contributed by atoms with van der Waals surface area (Å²) in [7, 11) is 1.31. The average molecular weight is 251 g/mol. The lowest BCUT2D eigenvalue weighted by atomic mass is 9.99. The summed E-state index contributed by atoms with van der Waals surface area (Å²) in [6.07, 6.45) is 1.10. The van der Waals surface area contributed by atoms with Gasteiger partial charge in [-0.25, -0.2) is 0 Å². The van der Waals surface area contributed by atoms with Crippen LogP contribution in [0.3, 0.4) is 0 Å². The fourth-order valence-corrected chi connectivity index (χ4v) is 1.53. The van der Waals surface area contributed by atoms with Crippen molar-refractivity contribution in [3.8, 4) is 5.75 Å². The lowest BCUT2D eigenvalue weighted by molar-refractivity contribution is -0.142. The van der Waals surface area contributed by atoms with Gasteiger partial charge in [0.1, 0.15) is 18.4 Å². The van der Waals surface area contributed by atoms with Gasteiger partial charge in [0.05, 0.1) is 7.11 Å². The van der Waals surface area contributed by atoms with E-state index in [1.54, 1.807) is 0 Å². The second-order valence-electron chi connectivity index (χ2n) is 4.32. The highest BCUT2D eigenvalue weighted by Gasteiger charge is 2.14. The van der Waals surface area contributed by atoms with E-state index < -0.39 is 12.0 Å². The fourth-order valence-electron chi connectivity index (χ4n) is 1.53. The lowest BCUT2D eigenvalue weighted by Gasteiger charge is -2.13. The molecule has 1 rings (SSSR count). The zero-order valence-corrected chi connectivity index (χ0v) is 11.2. The zero-order chi connectivity index (χ0) is 13.5. The minimum atomic E-state index is -0.746. The van der Waals surface area contributed by atoms with Crippen LogP contribution in [0.1, 0.15) is 31.7 Å². The summed E-state index contributed by atoms with van der Waals surface area (Å²) in [6.45, 7) is 4.46. The van der Waals surface area contributed by atoms with Crippen molar-refractivity contribution < 1.29 is 14.3 Å². The first-order chi connectivity index (χ1) is 8.58. The normalized spacial score (nSPS) is 13.8. The molecule has 0 aliphatic carbocycles. The standard InChI is InChI=1S/C14H21NO3/c1-4-10(2)11-5-7-12(8-6-11)18-9-13(15)14(16)17-3/h5-8,10,13H,4,9,15H2,1-3H3. The van der Waals surface area contributed by atoms with Gasteiger partial charge >= 0.3 is 5.97 Å². The van der Waals surface area contributed by atoms with E-state index in [-0.39, 0.29) is 6.61 Å². The van der Waals surface area contributed by atoms with E-state index in [1.807, 2.05) is 24.3 Å². The van der Waals surface area contributed by atoms with E-state index >= 15 is 0 Å². The highest BCUT2D eigenvalue weighted by atomic mass is 16.5. The third-order valence-corrected chi connectivity index (χ3v) is 3.00. The molecule has 0 radical (unpaired) electrons. The lowest BCUT2D eigenvalue weighted by Crippen LogP contribution is -2.37. The minimum absolute atomic E-state index is 0.120. The number of carbonyl (C=O) groups is 1. The number of carbonyl (C=O) groups excluding carboxylic acids is 1. The number of esters is 1. The molecule has 0 heterocycles. The molecule has 100 valence electrons. The number of hydrogen-bond donors (Lipinski definition) is 1. The number of benzene rings is 1. The maximum absolute atomic E-state index is 11.1. The predicted molar refractivity (Wildman–Crippen MR) is 70.6 cm³/mol. The van der Waals surface area contributed by atoms with Crippen LogP contribution in [-0.2, 0) is 9.53 Å². The molecule has 0 aliphatic rings. The summed E-state index contributed by atoms with van der Waals surface area (Å²) < 4.78 is 9.95. The molecule has 2 N–H and O–H groups in total. The van der Waals surface area contributed by atoms with Crippen molar-refractivity contribution in [1.29, 1.82) is 0 Å². The molecule has 0 bridgehead atoms. The average Bonchev–Trinajstić information content (AvgIpc) is 2.43. The predicted octanol–water partition coefficient (Wildman–Crippen LogP) is 2.08.